The Morgan fingerprint density at radius 2 is 1.85 bits per heavy atom. The van der Waals surface area contributed by atoms with Crippen LogP contribution < -0.4 is 19.9 Å². The summed E-state index contributed by atoms with van der Waals surface area (Å²) >= 11 is 3.47. The number of rotatable bonds is 7. The first-order valence-electron chi connectivity index (χ1n) is 7.55. The molecule has 2 rings (SSSR count). The summed E-state index contributed by atoms with van der Waals surface area (Å²) in [5.74, 6) is 0.808. The number of primary sulfonamides is 1. The third-order valence-corrected chi connectivity index (χ3v) is 5.39. The summed E-state index contributed by atoms with van der Waals surface area (Å²) in [6.45, 7) is 0.350. The van der Waals surface area contributed by atoms with Crippen LogP contribution in [0, 0.1) is 0 Å². The van der Waals surface area contributed by atoms with Gasteiger partial charge in [0.25, 0.3) is 5.91 Å². The lowest BCUT2D eigenvalue weighted by Gasteiger charge is -2.12. The zero-order valence-corrected chi connectivity index (χ0v) is 17.0. The van der Waals surface area contributed by atoms with E-state index in [-0.39, 0.29) is 16.5 Å². The fourth-order valence-electron chi connectivity index (χ4n) is 2.40. The molecule has 1 aromatic carbocycles. The van der Waals surface area contributed by atoms with Gasteiger partial charge in [0.2, 0.25) is 10.0 Å². The van der Waals surface area contributed by atoms with Gasteiger partial charge in [-0.2, -0.15) is 0 Å². The van der Waals surface area contributed by atoms with Crippen LogP contribution in [0.5, 0.6) is 11.5 Å². The van der Waals surface area contributed by atoms with Gasteiger partial charge < -0.3 is 19.4 Å². The minimum absolute atomic E-state index is 0.104. The first kappa shape index (κ1) is 20.3. The molecule has 0 saturated carbocycles. The molecule has 0 aliphatic rings. The molecular weight excluding hydrogens is 426 g/mol. The van der Waals surface area contributed by atoms with Crippen molar-refractivity contribution in [3.05, 3.63) is 40.1 Å². The summed E-state index contributed by atoms with van der Waals surface area (Å²) in [7, 11) is 0.830. The van der Waals surface area contributed by atoms with Crippen LogP contribution in [0.2, 0.25) is 0 Å². The van der Waals surface area contributed by atoms with Gasteiger partial charge in [-0.1, -0.05) is 15.9 Å². The van der Waals surface area contributed by atoms with Crippen molar-refractivity contribution in [2.75, 3.05) is 20.8 Å². The molecule has 0 aliphatic carbocycles. The molecule has 0 fully saturated rings. The van der Waals surface area contributed by atoms with E-state index in [4.69, 9.17) is 14.6 Å². The van der Waals surface area contributed by atoms with Crippen molar-refractivity contribution in [1.82, 2.24) is 9.88 Å². The number of aromatic nitrogens is 1. The number of amides is 1. The summed E-state index contributed by atoms with van der Waals surface area (Å²) in [4.78, 5) is 12.2. The van der Waals surface area contributed by atoms with Crippen LogP contribution in [0.15, 0.2) is 33.8 Å². The fraction of sp³-hybridized carbons (Fsp3) is 0.312. The quantitative estimate of drug-likeness (QED) is 0.668. The lowest BCUT2D eigenvalue weighted by Crippen LogP contribution is -2.27. The van der Waals surface area contributed by atoms with Gasteiger partial charge in [-0.3, -0.25) is 4.79 Å². The van der Waals surface area contributed by atoms with E-state index in [1.807, 2.05) is 6.07 Å². The predicted molar refractivity (Wildman–Crippen MR) is 100 cm³/mol. The topological polar surface area (TPSA) is 113 Å². The second-order valence-corrected chi connectivity index (χ2v) is 7.94. The number of nitrogens with zero attached hydrogens (tertiary/aromatic N) is 1. The molecule has 1 heterocycles. The molecule has 26 heavy (non-hydrogen) atoms. The van der Waals surface area contributed by atoms with Crippen LogP contribution in [0.3, 0.4) is 0 Å². The summed E-state index contributed by atoms with van der Waals surface area (Å²) in [6.07, 6.45) is 1.84. The van der Waals surface area contributed by atoms with Crippen molar-refractivity contribution in [3.8, 4) is 11.5 Å². The number of nitrogens with one attached hydrogen (secondary N) is 1. The molecule has 0 saturated heterocycles. The van der Waals surface area contributed by atoms with Crippen molar-refractivity contribution >= 4 is 31.9 Å². The second-order valence-electron chi connectivity index (χ2n) is 5.52. The highest BCUT2D eigenvalue weighted by molar-refractivity contribution is 9.10. The molecule has 0 aliphatic heterocycles. The van der Waals surface area contributed by atoms with E-state index in [1.165, 1.54) is 16.8 Å². The van der Waals surface area contributed by atoms with Gasteiger partial charge in [0, 0.05) is 24.3 Å². The molecule has 142 valence electrons. The van der Waals surface area contributed by atoms with E-state index in [2.05, 4.69) is 21.2 Å². The number of carbonyl (C=O) groups is 1. The Balaban J connectivity index is 2.06. The van der Waals surface area contributed by atoms with Crippen LogP contribution in [0.1, 0.15) is 16.1 Å². The van der Waals surface area contributed by atoms with E-state index < -0.39 is 10.0 Å². The van der Waals surface area contributed by atoms with Crippen LogP contribution in [0.4, 0.5) is 0 Å². The largest absolute Gasteiger partial charge is 0.493 e. The monoisotopic (exact) mass is 445 g/mol. The number of methoxy groups -OCH3 is 2. The summed E-state index contributed by atoms with van der Waals surface area (Å²) in [6, 6.07) is 4.87. The van der Waals surface area contributed by atoms with E-state index in [9.17, 15) is 13.2 Å². The number of ether oxygens (including phenoxy) is 2. The van der Waals surface area contributed by atoms with E-state index in [0.717, 1.165) is 10.0 Å². The molecule has 10 heteroatoms. The first-order chi connectivity index (χ1) is 12.2. The third-order valence-electron chi connectivity index (χ3n) is 3.77. The maximum Gasteiger partial charge on any atom is 0.267 e. The maximum absolute atomic E-state index is 12.3. The first-order valence-corrected chi connectivity index (χ1v) is 9.89. The van der Waals surface area contributed by atoms with Crippen molar-refractivity contribution in [2.45, 2.75) is 11.3 Å². The number of hydrogen-bond donors (Lipinski definition) is 2. The van der Waals surface area contributed by atoms with Gasteiger partial charge >= 0.3 is 0 Å². The number of carbonyl (C=O) groups excluding carboxylic acids is 1. The Bertz CT molecular complexity index is 924. The van der Waals surface area contributed by atoms with Gasteiger partial charge in [0.1, 0.15) is 10.6 Å². The molecular formula is C16H20BrN3O5S. The van der Waals surface area contributed by atoms with Crippen LogP contribution in [0.25, 0.3) is 0 Å². The molecule has 0 atom stereocenters. The van der Waals surface area contributed by atoms with Gasteiger partial charge in [-0.05, 0) is 30.2 Å². The molecule has 0 radical (unpaired) electrons. The third kappa shape index (κ3) is 4.57. The zero-order chi connectivity index (χ0) is 19.5. The Morgan fingerprint density at radius 3 is 2.38 bits per heavy atom. The molecule has 3 N–H and O–H groups in total. The van der Waals surface area contributed by atoms with Crippen molar-refractivity contribution in [2.24, 2.45) is 12.2 Å². The highest BCUT2D eigenvalue weighted by Gasteiger charge is 2.17. The smallest absolute Gasteiger partial charge is 0.267 e. The van der Waals surface area contributed by atoms with Crippen molar-refractivity contribution in [1.29, 1.82) is 0 Å². The summed E-state index contributed by atoms with van der Waals surface area (Å²) in [5, 5.41) is 7.84. The van der Waals surface area contributed by atoms with Crippen molar-refractivity contribution in [3.63, 3.8) is 0 Å². The molecule has 1 aromatic heterocycles. The van der Waals surface area contributed by atoms with E-state index >= 15 is 0 Å². The van der Waals surface area contributed by atoms with Gasteiger partial charge in [0.05, 0.1) is 14.2 Å². The average molecular weight is 446 g/mol. The van der Waals surface area contributed by atoms with E-state index in [1.54, 1.807) is 27.3 Å². The highest BCUT2D eigenvalue weighted by Crippen LogP contribution is 2.33. The van der Waals surface area contributed by atoms with Crippen LogP contribution >= 0.6 is 15.9 Å². The normalized spacial score (nSPS) is 11.3. The summed E-state index contributed by atoms with van der Waals surface area (Å²) < 4.78 is 35.5. The zero-order valence-electron chi connectivity index (χ0n) is 14.6. The van der Waals surface area contributed by atoms with E-state index in [0.29, 0.717) is 24.5 Å². The number of benzene rings is 1. The number of hydrogen-bond acceptors (Lipinski definition) is 5. The van der Waals surface area contributed by atoms with Gasteiger partial charge in [-0.25, -0.2) is 13.6 Å². The lowest BCUT2D eigenvalue weighted by atomic mass is 10.1. The van der Waals surface area contributed by atoms with Crippen LogP contribution in [-0.2, 0) is 23.5 Å². The highest BCUT2D eigenvalue weighted by atomic mass is 79.9. The fourth-order valence-corrected chi connectivity index (χ4v) is 3.51. The molecule has 2 aromatic rings. The Hall–Kier alpha value is -2.04. The number of sulfonamides is 1. The maximum atomic E-state index is 12.3. The SMILES string of the molecule is COc1cc(Br)c(CCNC(=O)c2cc(S(N)(=O)=O)cn2C)cc1OC. The Morgan fingerprint density at radius 1 is 1.23 bits per heavy atom. The number of halogens is 1. The minimum atomic E-state index is -3.85. The molecule has 0 bridgehead atoms. The Kier molecular flexibility index (Phi) is 6.32. The Labute approximate surface area is 160 Å². The standard InChI is InChI=1S/C16H20BrN3O5S/c1-20-9-11(26(18,22)23)7-13(20)16(21)19-5-4-10-6-14(24-2)15(25-3)8-12(10)17/h6-9H,4-5H2,1-3H3,(H,19,21)(H2,18,22,23). The molecule has 8 nitrogen and oxygen atoms in total. The summed E-state index contributed by atoms with van der Waals surface area (Å²) in [5.41, 5.74) is 1.14. The second kappa shape index (κ2) is 8.11. The van der Waals surface area contributed by atoms with Gasteiger partial charge in [-0.15, -0.1) is 0 Å². The van der Waals surface area contributed by atoms with Crippen molar-refractivity contribution < 1.29 is 22.7 Å². The van der Waals surface area contributed by atoms with Gasteiger partial charge in [0.15, 0.2) is 11.5 Å². The minimum Gasteiger partial charge on any atom is -0.493 e. The number of nitrogens with two attached hydrogens (primary N) is 1. The van der Waals surface area contributed by atoms with Crippen LogP contribution in [-0.4, -0.2) is 39.7 Å². The lowest BCUT2D eigenvalue weighted by molar-refractivity contribution is 0.0946. The predicted octanol–water partition coefficient (Wildman–Crippen LogP) is 1.42. The number of aryl methyl sites for hydroxylation is 1. The molecule has 1 amide bonds. The molecule has 0 spiro atoms. The average Bonchev–Trinajstić information content (AvgIpc) is 2.98. The molecule has 0 unspecified atom stereocenters.